The van der Waals surface area contributed by atoms with Gasteiger partial charge < -0.3 is 41.7 Å². The lowest BCUT2D eigenvalue weighted by Gasteiger charge is -2.32. The van der Waals surface area contributed by atoms with E-state index in [9.17, 15) is 28.8 Å². The number of benzene rings is 4. The van der Waals surface area contributed by atoms with Crippen LogP contribution in [0.1, 0.15) is 123 Å². The van der Waals surface area contributed by atoms with Crippen LogP contribution in [-0.4, -0.2) is 96.6 Å². The van der Waals surface area contributed by atoms with E-state index in [4.69, 9.17) is 0 Å². The molecule has 6 N–H and O–H groups in total. The molecule has 374 valence electrons. The second-order valence-electron chi connectivity index (χ2n) is 18.8. The Labute approximate surface area is 424 Å². The molecule has 0 bridgehead atoms. The summed E-state index contributed by atoms with van der Waals surface area (Å²) in [6, 6.07) is 26.4. The smallest absolute Gasteiger partial charge is 0.250 e. The molecule has 4 aromatic carbocycles. The molecule has 8 rings (SSSR count). The minimum atomic E-state index is -1.04. The van der Waals surface area contributed by atoms with Gasteiger partial charge in [0.1, 0.15) is 24.2 Å². The number of likely N-dealkylation sites (N-methyl/N-ethyl adjacent to an activating group) is 2. The van der Waals surface area contributed by atoms with Gasteiger partial charge in [0.2, 0.25) is 35.4 Å². The molecule has 0 radical (unpaired) electrons. The SMILES string of the molecule is CN[C@@H](C)C(=O)N[C@H](C(=O)N1CCC[C@H]1C(=O)NC1CCCc2ccccc21)c1ccc(-c2ccc(C(NC(=O)[C@@H](C)NC)C(=O)N3CCC[C@H]3C(=O)NC3CCCc4ccccc43)cc2)cc1.Cl.Cl. The van der Waals surface area contributed by atoms with E-state index in [0.717, 1.165) is 60.8 Å². The van der Waals surface area contributed by atoms with Gasteiger partial charge >= 0.3 is 0 Å². The third kappa shape index (κ3) is 11.9. The molecule has 6 amide bonds. The summed E-state index contributed by atoms with van der Waals surface area (Å²) in [4.78, 5) is 86.9. The normalized spacial score (nSPS) is 21.0. The second-order valence-corrected chi connectivity index (χ2v) is 18.8. The minimum Gasteiger partial charge on any atom is -0.347 e. The van der Waals surface area contributed by atoms with Gasteiger partial charge in [-0.15, -0.1) is 24.8 Å². The molecule has 2 fully saturated rings. The maximum atomic E-state index is 14.6. The molecule has 0 aromatic heterocycles. The highest BCUT2D eigenvalue weighted by Crippen LogP contribution is 2.34. The molecule has 2 heterocycles. The van der Waals surface area contributed by atoms with Crippen molar-refractivity contribution in [1.29, 1.82) is 0 Å². The van der Waals surface area contributed by atoms with E-state index in [0.29, 0.717) is 49.9 Å². The maximum absolute atomic E-state index is 14.6. The standard InChI is InChI=1S/C54H66N8O6.2ClH/c1-33(55-3)49(63)59-47(53(67)61-31-11-21-45(61)51(65)57-43-19-9-15-37-13-5-7-17-41(37)43)39-27-23-35(24-28-39)36-25-29-40(30-26-36)48(60-50(64)34(2)56-4)54(68)62-32-12-22-46(62)52(66)58-44-20-10-16-38-14-6-8-18-42(38)44;;/h5-8,13-14,17-18,23-30,33-34,43-48,55-56H,9-12,15-16,19-22,31-32H2,1-4H3,(H,57,65)(H,58,66)(H,59,63)(H,60,64);2*1H/t33-,34+,43?,44?,45-,46-,47-,48?;;/m0../s1. The van der Waals surface area contributed by atoms with Crippen molar-refractivity contribution in [2.24, 2.45) is 0 Å². The Morgan fingerprint density at radius 1 is 0.500 bits per heavy atom. The van der Waals surface area contributed by atoms with Crippen LogP contribution in [0.25, 0.3) is 11.1 Å². The lowest BCUT2D eigenvalue weighted by atomic mass is 9.87. The van der Waals surface area contributed by atoms with Crippen LogP contribution in [0.15, 0.2) is 97.1 Å². The molecule has 70 heavy (non-hydrogen) atoms. The number of nitrogens with zero attached hydrogens (tertiary/aromatic N) is 2. The van der Waals surface area contributed by atoms with Crippen LogP contribution in [0.5, 0.6) is 0 Å². The summed E-state index contributed by atoms with van der Waals surface area (Å²) in [6.45, 7) is 4.24. The molecule has 14 nitrogen and oxygen atoms in total. The first-order valence-electron chi connectivity index (χ1n) is 24.5. The van der Waals surface area contributed by atoms with Crippen LogP contribution in [0.3, 0.4) is 0 Å². The average molecular weight is 996 g/mol. The molecule has 2 aliphatic heterocycles. The fourth-order valence-corrected chi connectivity index (χ4v) is 10.4. The summed E-state index contributed by atoms with van der Waals surface area (Å²) in [5, 5.41) is 18.3. The summed E-state index contributed by atoms with van der Waals surface area (Å²) in [7, 11) is 3.36. The van der Waals surface area contributed by atoms with Crippen molar-refractivity contribution >= 4 is 60.3 Å². The largest absolute Gasteiger partial charge is 0.347 e. The van der Waals surface area contributed by atoms with Gasteiger partial charge in [0.15, 0.2) is 0 Å². The van der Waals surface area contributed by atoms with Crippen LogP contribution in [0.4, 0.5) is 0 Å². The van der Waals surface area contributed by atoms with Crippen molar-refractivity contribution < 1.29 is 28.8 Å². The van der Waals surface area contributed by atoms with Gasteiger partial charge in [-0.3, -0.25) is 28.8 Å². The van der Waals surface area contributed by atoms with Crippen molar-refractivity contribution in [3.8, 4) is 11.1 Å². The van der Waals surface area contributed by atoms with Crippen molar-refractivity contribution in [2.75, 3.05) is 27.2 Å². The topological polar surface area (TPSA) is 181 Å². The van der Waals surface area contributed by atoms with Gasteiger partial charge in [-0.1, -0.05) is 97.1 Å². The molecule has 0 saturated carbocycles. The third-order valence-corrected chi connectivity index (χ3v) is 14.6. The van der Waals surface area contributed by atoms with Gasteiger partial charge in [-0.25, -0.2) is 0 Å². The number of fused-ring (bicyclic) bond motifs is 2. The highest BCUT2D eigenvalue weighted by atomic mass is 35.5. The van der Waals surface area contributed by atoms with Crippen LogP contribution in [0.2, 0.25) is 0 Å². The van der Waals surface area contributed by atoms with Crippen molar-refractivity contribution in [1.82, 2.24) is 41.7 Å². The number of nitrogens with one attached hydrogen (secondary N) is 6. The Bertz CT molecular complexity index is 2320. The molecular weight excluding hydrogens is 928 g/mol. The molecule has 2 aliphatic carbocycles. The van der Waals surface area contributed by atoms with Crippen molar-refractivity contribution in [3.63, 3.8) is 0 Å². The zero-order chi connectivity index (χ0) is 47.9. The number of carbonyl (C=O) groups excluding carboxylic acids is 6. The molecule has 0 spiro atoms. The van der Waals surface area contributed by atoms with Gasteiger partial charge in [0.25, 0.3) is 0 Å². The highest BCUT2D eigenvalue weighted by Gasteiger charge is 2.41. The summed E-state index contributed by atoms with van der Waals surface area (Å²) >= 11 is 0. The van der Waals surface area contributed by atoms with Crippen LogP contribution >= 0.6 is 24.8 Å². The number of halogens is 2. The summed E-state index contributed by atoms with van der Waals surface area (Å²) in [5.41, 5.74) is 7.52. The quantitative estimate of drug-likeness (QED) is 0.0828. The summed E-state index contributed by atoms with van der Waals surface area (Å²) in [5.74, 6) is -1.75. The fourth-order valence-electron chi connectivity index (χ4n) is 10.4. The number of aryl methyl sites for hydroxylation is 2. The molecule has 4 aromatic rings. The second kappa shape index (κ2) is 24.4. The lowest BCUT2D eigenvalue weighted by Crippen LogP contribution is -2.52. The Morgan fingerprint density at radius 3 is 1.24 bits per heavy atom. The molecule has 16 heteroatoms. The first kappa shape index (κ1) is 53.5. The molecular formula is C54H68Cl2N8O6. The van der Waals surface area contributed by atoms with Gasteiger partial charge in [0, 0.05) is 13.1 Å². The third-order valence-electron chi connectivity index (χ3n) is 14.6. The Kier molecular flexibility index (Phi) is 18.6. The van der Waals surface area contributed by atoms with Crippen molar-refractivity contribution in [3.05, 3.63) is 130 Å². The lowest BCUT2D eigenvalue weighted by molar-refractivity contribution is -0.142. The number of hydrogen-bond donors (Lipinski definition) is 6. The molecule has 4 aliphatic rings. The van der Waals surface area contributed by atoms with Crippen LogP contribution in [0, 0.1) is 0 Å². The average Bonchev–Trinajstić information content (AvgIpc) is 4.08. The van der Waals surface area contributed by atoms with E-state index in [-0.39, 0.29) is 72.3 Å². The molecule has 8 atom stereocenters. The van der Waals surface area contributed by atoms with Gasteiger partial charge in [-0.2, -0.15) is 0 Å². The molecule has 2 saturated heterocycles. The number of carbonyl (C=O) groups is 6. The maximum Gasteiger partial charge on any atom is 0.250 e. The van der Waals surface area contributed by atoms with E-state index in [1.807, 2.05) is 72.8 Å². The Morgan fingerprint density at radius 2 is 0.871 bits per heavy atom. The van der Waals surface area contributed by atoms with E-state index < -0.39 is 36.3 Å². The zero-order valence-corrected chi connectivity index (χ0v) is 42.1. The predicted octanol–water partition coefficient (Wildman–Crippen LogP) is 6.10. The minimum absolute atomic E-state index is 0. The number of rotatable bonds is 15. The summed E-state index contributed by atoms with van der Waals surface area (Å²) < 4.78 is 0. The Balaban J connectivity index is 0.00000402. The van der Waals surface area contributed by atoms with E-state index in [2.05, 4.69) is 56.2 Å². The first-order valence-corrected chi connectivity index (χ1v) is 24.5. The van der Waals surface area contributed by atoms with E-state index in [1.165, 1.54) is 11.1 Å². The summed E-state index contributed by atoms with van der Waals surface area (Å²) in [6.07, 6.45) is 7.96. The highest BCUT2D eigenvalue weighted by molar-refractivity contribution is 5.95. The predicted molar refractivity (Wildman–Crippen MR) is 275 cm³/mol. The number of amides is 6. The van der Waals surface area contributed by atoms with Crippen molar-refractivity contribution in [2.45, 2.75) is 126 Å². The van der Waals surface area contributed by atoms with E-state index in [1.54, 1.807) is 37.7 Å². The monoisotopic (exact) mass is 994 g/mol. The van der Waals surface area contributed by atoms with Gasteiger partial charge in [-0.05, 0) is 137 Å². The Hall–Kier alpha value is -5.80. The number of likely N-dealkylation sites (tertiary alicyclic amines) is 2. The zero-order valence-electron chi connectivity index (χ0n) is 40.5. The van der Waals surface area contributed by atoms with Crippen LogP contribution < -0.4 is 31.9 Å². The number of hydrogen-bond acceptors (Lipinski definition) is 8. The first-order chi connectivity index (χ1) is 32.9. The van der Waals surface area contributed by atoms with Crippen LogP contribution in [-0.2, 0) is 41.6 Å². The van der Waals surface area contributed by atoms with E-state index >= 15 is 0 Å². The van der Waals surface area contributed by atoms with Gasteiger partial charge in [0.05, 0.1) is 24.2 Å². The fraction of sp³-hybridized carbons (Fsp3) is 0.444. The molecule has 3 unspecified atom stereocenters.